The molecule has 0 saturated carbocycles. The molecule has 0 atom stereocenters. The molecule has 3 aromatic rings. The highest BCUT2D eigenvalue weighted by atomic mass is 32.1. The molecule has 0 aliphatic heterocycles. The van der Waals surface area contributed by atoms with E-state index in [2.05, 4.69) is 36.0 Å². The van der Waals surface area contributed by atoms with Gasteiger partial charge in [0, 0.05) is 0 Å². The fraction of sp³-hybridized carbons (Fsp3) is 0.111. The number of carbonyl (C=O) groups is 1. The fourth-order valence-electron chi connectivity index (χ4n) is 1.48. The number of tetrazole rings is 1. The number of hydrogen-bond donors (Lipinski definition) is 2. The van der Waals surface area contributed by atoms with E-state index < -0.39 is 0 Å². The Morgan fingerprint density at radius 2 is 2.47 bits per heavy atom. The molecule has 96 valence electrons. The van der Waals surface area contributed by atoms with Crippen LogP contribution in [0.15, 0.2) is 24.1 Å². The van der Waals surface area contributed by atoms with Crippen molar-refractivity contribution in [3.05, 3.63) is 34.8 Å². The number of rotatable bonds is 4. The molecule has 9 nitrogen and oxygen atoms in total. The minimum absolute atomic E-state index is 0.211. The third-order valence-electron chi connectivity index (χ3n) is 2.33. The smallest absolute Gasteiger partial charge is 0.263 e. The summed E-state index contributed by atoms with van der Waals surface area (Å²) in [6, 6.07) is 1.78. The van der Waals surface area contributed by atoms with Crippen LogP contribution in [-0.2, 0) is 6.54 Å². The van der Waals surface area contributed by atoms with E-state index in [0.29, 0.717) is 16.4 Å². The predicted octanol–water partition coefficient (Wildman–Crippen LogP) is -0.228. The molecule has 10 heteroatoms. The zero-order chi connectivity index (χ0) is 13.1. The first kappa shape index (κ1) is 11.5. The monoisotopic (exact) mass is 276 g/mol. The van der Waals surface area contributed by atoms with E-state index in [4.69, 9.17) is 0 Å². The first-order valence-electron chi connectivity index (χ1n) is 5.28. The third kappa shape index (κ3) is 2.33. The lowest BCUT2D eigenvalue weighted by molar-refractivity contribution is 0.0954. The molecule has 0 fully saturated rings. The number of nitrogens with one attached hydrogen (secondary N) is 2. The number of amides is 1. The van der Waals surface area contributed by atoms with Crippen molar-refractivity contribution in [3.8, 4) is 5.69 Å². The molecule has 0 aromatic carbocycles. The summed E-state index contributed by atoms with van der Waals surface area (Å²) in [6.07, 6.45) is 2.83. The Morgan fingerprint density at radius 3 is 3.21 bits per heavy atom. The van der Waals surface area contributed by atoms with Gasteiger partial charge in [0.1, 0.15) is 23.4 Å². The summed E-state index contributed by atoms with van der Waals surface area (Å²) in [5, 5.41) is 21.8. The molecular formula is C9H8N8OS. The summed E-state index contributed by atoms with van der Waals surface area (Å²) in [5.74, 6) is 0.380. The minimum atomic E-state index is -0.211. The molecule has 3 rings (SSSR count). The minimum Gasteiger partial charge on any atom is -0.344 e. The zero-order valence-corrected chi connectivity index (χ0v) is 10.3. The topological polar surface area (TPSA) is 114 Å². The van der Waals surface area contributed by atoms with Crippen LogP contribution < -0.4 is 5.32 Å². The van der Waals surface area contributed by atoms with Crippen molar-refractivity contribution in [1.82, 2.24) is 40.7 Å². The molecule has 0 spiro atoms. The van der Waals surface area contributed by atoms with Crippen LogP contribution >= 0.6 is 11.3 Å². The van der Waals surface area contributed by atoms with Crippen LogP contribution in [-0.4, -0.2) is 41.3 Å². The third-order valence-corrected chi connectivity index (χ3v) is 3.23. The van der Waals surface area contributed by atoms with Crippen molar-refractivity contribution in [3.63, 3.8) is 0 Å². The SMILES string of the molecule is O=C(NCc1ncn[nH]1)c1sccc1-n1cnnn1. The summed E-state index contributed by atoms with van der Waals surface area (Å²) in [4.78, 5) is 16.5. The molecule has 3 aromatic heterocycles. The van der Waals surface area contributed by atoms with Gasteiger partial charge in [-0.25, -0.2) is 4.98 Å². The zero-order valence-electron chi connectivity index (χ0n) is 9.52. The summed E-state index contributed by atoms with van der Waals surface area (Å²) in [7, 11) is 0. The first-order valence-corrected chi connectivity index (χ1v) is 6.16. The Labute approximate surface area is 110 Å². The van der Waals surface area contributed by atoms with Crippen LogP contribution in [0.4, 0.5) is 0 Å². The normalized spacial score (nSPS) is 10.5. The van der Waals surface area contributed by atoms with Crippen LogP contribution in [0.25, 0.3) is 5.69 Å². The number of aromatic nitrogens is 7. The molecule has 0 aliphatic rings. The maximum atomic E-state index is 12.1. The van der Waals surface area contributed by atoms with E-state index in [1.807, 2.05) is 0 Å². The average Bonchev–Trinajstić information content (AvgIpc) is 3.14. The van der Waals surface area contributed by atoms with Crippen LogP contribution in [0.1, 0.15) is 15.5 Å². The summed E-state index contributed by atoms with van der Waals surface area (Å²) >= 11 is 1.32. The van der Waals surface area contributed by atoms with Crippen molar-refractivity contribution in [2.45, 2.75) is 6.54 Å². The highest BCUT2D eigenvalue weighted by Gasteiger charge is 2.15. The summed E-state index contributed by atoms with van der Waals surface area (Å²) < 4.78 is 1.44. The Morgan fingerprint density at radius 1 is 1.53 bits per heavy atom. The lowest BCUT2D eigenvalue weighted by Gasteiger charge is -2.03. The lowest BCUT2D eigenvalue weighted by atomic mass is 10.3. The van der Waals surface area contributed by atoms with Crippen molar-refractivity contribution in [1.29, 1.82) is 0 Å². The maximum Gasteiger partial charge on any atom is 0.263 e. The van der Waals surface area contributed by atoms with Crippen LogP contribution in [0, 0.1) is 0 Å². The maximum absolute atomic E-state index is 12.1. The van der Waals surface area contributed by atoms with Gasteiger partial charge in [0.15, 0.2) is 0 Å². The fourth-order valence-corrected chi connectivity index (χ4v) is 2.28. The molecule has 1 amide bonds. The largest absolute Gasteiger partial charge is 0.344 e. The first-order chi connectivity index (χ1) is 9.34. The standard InChI is InChI=1S/C9H8N8OS/c18-9(10-3-7-11-4-12-14-7)8-6(1-2-19-8)17-5-13-15-16-17/h1-2,4-5H,3H2,(H,10,18)(H,11,12,14). The van der Waals surface area contributed by atoms with Gasteiger partial charge < -0.3 is 5.32 Å². The second kappa shape index (κ2) is 4.94. The van der Waals surface area contributed by atoms with Crippen LogP contribution in [0.5, 0.6) is 0 Å². The molecule has 19 heavy (non-hydrogen) atoms. The van der Waals surface area contributed by atoms with Gasteiger partial charge in [0.2, 0.25) is 0 Å². The molecule has 2 N–H and O–H groups in total. The van der Waals surface area contributed by atoms with Gasteiger partial charge in [0.05, 0.1) is 12.2 Å². The van der Waals surface area contributed by atoms with Crippen molar-refractivity contribution < 1.29 is 4.79 Å². The van der Waals surface area contributed by atoms with Crippen LogP contribution in [0.3, 0.4) is 0 Å². The Balaban J connectivity index is 1.75. The van der Waals surface area contributed by atoms with E-state index in [1.54, 1.807) is 11.4 Å². The Kier molecular flexibility index (Phi) is 2.98. The molecular weight excluding hydrogens is 268 g/mol. The number of nitrogens with zero attached hydrogens (tertiary/aromatic N) is 6. The highest BCUT2D eigenvalue weighted by Crippen LogP contribution is 2.19. The van der Waals surface area contributed by atoms with Gasteiger partial charge in [-0.1, -0.05) is 0 Å². The van der Waals surface area contributed by atoms with E-state index in [9.17, 15) is 4.79 Å². The molecule has 3 heterocycles. The highest BCUT2D eigenvalue weighted by molar-refractivity contribution is 7.12. The van der Waals surface area contributed by atoms with Gasteiger partial charge in [-0.2, -0.15) is 9.78 Å². The van der Waals surface area contributed by atoms with Crippen molar-refractivity contribution in [2.24, 2.45) is 0 Å². The van der Waals surface area contributed by atoms with E-state index >= 15 is 0 Å². The quantitative estimate of drug-likeness (QED) is 0.680. The van der Waals surface area contributed by atoms with E-state index in [1.165, 1.54) is 28.7 Å². The average molecular weight is 276 g/mol. The molecule has 0 aliphatic carbocycles. The van der Waals surface area contributed by atoms with Gasteiger partial charge in [0.25, 0.3) is 5.91 Å². The van der Waals surface area contributed by atoms with Crippen molar-refractivity contribution >= 4 is 17.2 Å². The molecule has 0 unspecified atom stereocenters. The number of H-pyrrole nitrogens is 1. The van der Waals surface area contributed by atoms with E-state index in [-0.39, 0.29) is 12.5 Å². The second-order valence-electron chi connectivity index (χ2n) is 3.50. The number of aromatic amines is 1. The molecule has 0 radical (unpaired) electrons. The number of hydrogen-bond acceptors (Lipinski definition) is 7. The molecule has 0 bridgehead atoms. The molecule has 0 saturated heterocycles. The van der Waals surface area contributed by atoms with Crippen molar-refractivity contribution in [2.75, 3.05) is 0 Å². The van der Waals surface area contributed by atoms with E-state index in [0.717, 1.165) is 0 Å². The second-order valence-corrected chi connectivity index (χ2v) is 4.42. The van der Waals surface area contributed by atoms with Crippen LogP contribution in [0.2, 0.25) is 0 Å². The van der Waals surface area contributed by atoms with Gasteiger partial charge in [-0.3, -0.25) is 9.89 Å². The van der Waals surface area contributed by atoms with Gasteiger partial charge in [-0.15, -0.1) is 16.4 Å². The Bertz CT molecular complexity index is 658. The van der Waals surface area contributed by atoms with Gasteiger partial charge >= 0.3 is 0 Å². The predicted molar refractivity (Wildman–Crippen MR) is 64.6 cm³/mol. The van der Waals surface area contributed by atoms with Gasteiger partial charge in [-0.05, 0) is 21.9 Å². The lowest BCUT2D eigenvalue weighted by Crippen LogP contribution is -2.23. The summed E-state index contributed by atoms with van der Waals surface area (Å²) in [5.41, 5.74) is 0.644. The Hall–Kier alpha value is -2.62. The summed E-state index contributed by atoms with van der Waals surface area (Å²) in [6.45, 7) is 0.284. The number of thiophene rings is 1. The number of carbonyl (C=O) groups excluding carboxylic acids is 1.